The highest BCUT2D eigenvalue weighted by Crippen LogP contribution is 2.34. The van der Waals surface area contributed by atoms with Crippen LogP contribution in [-0.4, -0.2) is 28.5 Å². The van der Waals surface area contributed by atoms with Crippen molar-refractivity contribution < 1.29 is 9.59 Å². The van der Waals surface area contributed by atoms with Crippen molar-refractivity contribution in [3.05, 3.63) is 94.8 Å². The van der Waals surface area contributed by atoms with Crippen LogP contribution in [0.2, 0.25) is 5.02 Å². The van der Waals surface area contributed by atoms with E-state index in [1.807, 2.05) is 66.9 Å². The molecule has 180 valence electrons. The van der Waals surface area contributed by atoms with E-state index < -0.39 is 11.8 Å². The van der Waals surface area contributed by atoms with Gasteiger partial charge in [-0.05, 0) is 55.0 Å². The first-order chi connectivity index (χ1) is 17.4. The van der Waals surface area contributed by atoms with E-state index >= 15 is 0 Å². The summed E-state index contributed by atoms with van der Waals surface area (Å²) in [4.78, 5) is 35.0. The highest BCUT2D eigenvalue weighted by atomic mass is 35.5. The van der Waals surface area contributed by atoms with Gasteiger partial charge in [0.15, 0.2) is 10.2 Å². The van der Waals surface area contributed by atoms with Gasteiger partial charge in [-0.2, -0.15) is 0 Å². The molecule has 9 heteroatoms. The van der Waals surface area contributed by atoms with Crippen LogP contribution >= 0.6 is 35.2 Å². The Morgan fingerprint density at radius 3 is 2.33 bits per heavy atom. The third-order valence-corrected chi connectivity index (χ3v) is 7.33. The first kappa shape index (κ1) is 24.1. The molecule has 1 aliphatic rings. The van der Waals surface area contributed by atoms with Crippen LogP contribution in [0, 0.1) is 12.8 Å². The Hall–Kier alpha value is -3.59. The SMILES string of the molecule is Cc1ccccc1N1C(=O)C(CNc2ccc(Cl)cc2)C(=O)N(c2nc(-c3ccccc3)cs2)C1=S. The van der Waals surface area contributed by atoms with Gasteiger partial charge in [0.2, 0.25) is 11.8 Å². The zero-order valence-corrected chi connectivity index (χ0v) is 21.6. The molecule has 1 N–H and O–H groups in total. The monoisotopic (exact) mass is 532 g/mol. The summed E-state index contributed by atoms with van der Waals surface area (Å²) in [5.74, 6) is -1.79. The highest BCUT2D eigenvalue weighted by Gasteiger charge is 2.46. The minimum Gasteiger partial charge on any atom is -0.384 e. The molecule has 4 aromatic rings. The largest absolute Gasteiger partial charge is 0.384 e. The van der Waals surface area contributed by atoms with E-state index in [0.29, 0.717) is 15.8 Å². The average Bonchev–Trinajstić information content (AvgIpc) is 3.36. The maximum Gasteiger partial charge on any atom is 0.249 e. The van der Waals surface area contributed by atoms with E-state index in [1.165, 1.54) is 21.1 Å². The second-order valence-electron chi connectivity index (χ2n) is 8.24. The fraction of sp³-hybridized carbons (Fsp3) is 0.111. The molecule has 0 spiro atoms. The third-order valence-electron chi connectivity index (χ3n) is 5.88. The van der Waals surface area contributed by atoms with Crippen LogP contribution in [-0.2, 0) is 9.59 Å². The minimum absolute atomic E-state index is 0.0935. The molecule has 5 rings (SSSR count). The number of hydrogen-bond donors (Lipinski definition) is 1. The number of thiazole rings is 1. The van der Waals surface area contributed by atoms with Crippen LogP contribution in [0.1, 0.15) is 5.56 Å². The molecule has 0 aliphatic carbocycles. The van der Waals surface area contributed by atoms with Gasteiger partial charge in [-0.25, -0.2) is 9.88 Å². The van der Waals surface area contributed by atoms with E-state index in [4.69, 9.17) is 28.8 Å². The number of hydrogen-bond acceptors (Lipinski definition) is 6. The summed E-state index contributed by atoms with van der Waals surface area (Å²) in [5.41, 5.74) is 3.93. The Morgan fingerprint density at radius 2 is 1.61 bits per heavy atom. The zero-order valence-electron chi connectivity index (χ0n) is 19.2. The molecular weight excluding hydrogens is 512 g/mol. The Balaban J connectivity index is 1.52. The summed E-state index contributed by atoms with van der Waals surface area (Å²) in [6.45, 7) is 2.00. The molecule has 2 heterocycles. The number of thiocarbonyl (C=S) groups is 1. The van der Waals surface area contributed by atoms with E-state index in [2.05, 4.69) is 5.32 Å². The standard InChI is InChI=1S/C27H21ClN4O2S2/c1-17-7-5-6-10-23(17)31-24(33)21(15-29-20-13-11-19(28)12-14-20)25(34)32(27(31)35)26-30-22(16-36-26)18-8-3-2-4-9-18/h2-14,16,21,29H,15H2,1H3. The number of aromatic nitrogens is 1. The maximum atomic E-state index is 13.7. The second kappa shape index (κ2) is 10.2. The number of carbonyl (C=O) groups is 2. The van der Waals surface area contributed by atoms with Crippen LogP contribution in [0.4, 0.5) is 16.5 Å². The van der Waals surface area contributed by atoms with Gasteiger partial charge in [-0.15, -0.1) is 11.3 Å². The van der Waals surface area contributed by atoms with Crippen LogP contribution in [0.5, 0.6) is 0 Å². The molecule has 0 radical (unpaired) electrons. The lowest BCUT2D eigenvalue weighted by Gasteiger charge is -2.38. The molecule has 1 atom stereocenters. The van der Waals surface area contributed by atoms with E-state index in [0.717, 1.165) is 22.5 Å². The van der Waals surface area contributed by atoms with Crippen molar-refractivity contribution in [3.8, 4) is 11.3 Å². The van der Waals surface area contributed by atoms with Gasteiger partial charge in [0.25, 0.3) is 0 Å². The van der Waals surface area contributed by atoms with Crippen molar-refractivity contribution in [1.82, 2.24) is 4.98 Å². The van der Waals surface area contributed by atoms with Gasteiger partial charge in [-0.1, -0.05) is 60.1 Å². The lowest BCUT2D eigenvalue weighted by atomic mass is 10.0. The number of aryl methyl sites for hydroxylation is 1. The minimum atomic E-state index is -1.00. The van der Waals surface area contributed by atoms with Crippen LogP contribution < -0.4 is 15.1 Å². The van der Waals surface area contributed by atoms with Crippen molar-refractivity contribution in [1.29, 1.82) is 0 Å². The Labute approximate surface area is 223 Å². The predicted octanol–water partition coefficient (Wildman–Crippen LogP) is 6.16. The van der Waals surface area contributed by atoms with Gasteiger partial charge in [-0.3, -0.25) is 14.5 Å². The van der Waals surface area contributed by atoms with Crippen molar-refractivity contribution in [2.24, 2.45) is 5.92 Å². The number of carbonyl (C=O) groups excluding carboxylic acids is 2. The molecule has 0 saturated carbocycles. The fourth-order valence-corrected chi connectivity index (χ4v) is 5.38. The molecule has 3 aromatic carbocycles. The Kier molecular flexibility index (Phi) is 6.82. The van der Waals surface area contributed by atoms with Crippen molar-refractivity contribution in [2.75, 3.05) is 21.7 Å². The number of anilines is 3. The van der Waals surface area contributed by atoms with E-state index in [-0.39, 0.29) is 17.6 Å². The van der Waals surface area contributed by atoms with Crippen molar-refractivity contribution in [3.63, 3.8) is 0 Å². The fourth-order valence-electron chi connectivity index (χ4n) is 3.99. The molecule has 1 unspecified atom stereocenters. The third kappa shape index (κ3) is 4.63. The topological polar surface area (TPSA) is 65.5 Å². The lowest BCUT2D eigenvalue weighted by Crippen LogP contribution is -2.61. The normalized spacial score (nSPS) is 15.9. The Bertz CT molecular complexity index is 1440. The maximum absolute atomic E-state index is 13.7. The zero-order chi connectivity index (χ0) is 25.2. The number of nitrogens with zero attached hydrogens (tertiary/aromatic N) is 3. The molecule has 0 bridgehead atoms. The van der Waals surface area contributed by atoms with Gasteiger partial charge in [0, 0.05) is 28.2 Å². The molecule has 36 heavy (non-hydrogen) atoms. The second-order valence-corrected chi connectivity index (χ2v) is 9.88. The highest BCUT2D eigenvalue weighted by molar-refractivity contribution is 7.81. The number of benzene rings is 3. The number of rotatable bonds is 6. The van der Waals surface area contributed by atoms with Crippen molar-refractivity contribution in [2.45, 2.75) is 6.92 Å². The number of para-hydroxylation sites is 1. The molecule has 1 aliphatic heterocycles. The van der Waals surface area contributed by atoms with Crippen LogP contribution in [0.3, 0.4) is 0 Å². The van der Waals surface area contributed by atoms with Crippen molar-refractivity contribution >= 4 is 68.6 Å². The summed E-state index contributed by atoms with van der Waals surface area (Å²) in [7, 11) is 0. The summed E-state index contributed by atoms with van der Waals surface area (Å²) in [6.07, 6.45) is 0. The van der Waals surface area contributed by atoms with Gasteiger partial charge >= 0.3 is 0 Å². The molecular formula is C27H21ClN4O2S2. The predicted molar refractivity (Wildman–Crippen MR) is 150 cm³/mol. The van der Waals surface area contributed by atoms with Gasteiger partial charge < -0.3 is 5.32 Å². The average molecular weight is 533 g/mol. The molecule has 6 nitrogen and oxygen atoms in total. The van der Waals surface area contributed by atoms with E-state index in [9.17, 15) is 9.59 Å². The van der Waals surface area contributed by atoms with Gasteiger partial charge in [0.05, 0.1) is 11.4 Å². The number of nitrogens with one attached hydrogen (secondary N) is 1. The van der Waals surface area contributed by atoms with Crippen LogP contribution in [0.25, 0.3) is 11.3 Å². The van der Waals surface area contributed by atoms with E-state index in [1.54, 1.807) is 24.3 Å². The molecule has 2 amide bonds. The summed E-state index contributed by atoms with van der Waals surface area (Å²) in [5, 5.41) is 6.20. The molecule has 1 aromatic heterocycles. The first-order valence-electron chi connectivity index (χ1n) is 11.2. The number of halogens is 1. The quantitative estimate of drug-likeness (QED) is 0.238. The smallest absolute Gasteiger partial charge is 0.249 e. The summed E-state index contributed by atoms with van der Waals surface area (Å²) < 4.78 is 0. The van der Waals surface area contributed by atoms with Gasteiger partial charge in [0.1, 0.15) is 5.92 Å². The summed E-state index contributed by atoms with van der Waals surface area (Å²) >= 11 is 13.0. The number of amides is 2. The first-order valence-corrected chi connectivity index (χ1v) is 12.9. The molecule has 1 fully saturated rings. The lowest BCUT2D eigenvalue weighted by molar-refractivity contribution is -0.131. The Morgan fingerprint density at radius 1 is 0.944 bits per heavy atom. The van der Waals surface area contributed by atoms with Crippen LogP contribution in [0.15, 0.2) is 84.2 Å². The molecule has 1 saturated heterocycles. The summed E-state index contributed by atoms with van der Waals surface area (Å²) in [6, 6.07) is 24.3.